The lowest BCUT2D eigenvalue weighted by molar-refractivity contribution is -0.384. The van der Waals surface area contributed by atoms with Gasteiger partial charge in [-0.3, -0.25) is 10.1 Å². The highest BCUT2D eigenvalue weighted by molar-refractivity contribution is 5.89. The lowest BCUT2D eigenvalue weighted by Gasteiger charge is -2.23. The summed E-state index contributed by atoms with van der Waals surface area (Å²) >= 11 is 0. The lowest BCUT2D eigenvalue weighted by Crippen LogP contribution is -2.36. The number of hydrogen-bond acceptors (Lipinski definition) is 6. The van der Waals surface area contributed by atoms with E-state index >= 15 is 0 Å². The zero-order chi connectivity index (χ0) is 16.6. The summed E-state index contributed by atoms with van der Waals surface area (Å²) in [7, 11) is 0. The summed E-state index contributed by atoms with van der Waals surface area (Å²) in [5.74, 6) is -0.514. The number of nitriles is 1. The Balaban J connectivity index is 2.14. The number of aromatic nitrogens is 1. The van der Waals surface area contributed by atoms with Gasteiger partial charge in [0, 0.05) is 24.1 Å². The van der Waals surface area contributed by atoms with E-state index in [0.717, 1.165) is 6.42 Å². The normalized spacial score (nSPS) is 17.2. The Kier molecular flexibility index (Phi) is 3.54. The molecule has 1 atom stereocenters. The van der Waals surface area contributed by atoms with Gasteiger partial charge in [0.2, 0.25) is 0 Å². The third-order valence-corrected chi connectivity index (χ3v) is 3.94. The number of hydrogen-bond donors (Lipinski definition) is 1. The molecule has 1 aliphatic heterocycles. The zero-order valence-corrected chi connectivity index (χ0v) is 12.0. The van der Waals surface area contributed by atoms with Gasteiger partial charge < -0.3 is 10.0 Å². The quantitative estimate of drug-likeness (QED) is 0.680. The Morgan fingerprint density at radius 3 is 2.91 bits per heavy atom. The molecule has 1 saturated heterocycles. The van der Waals surface area contributed by atoms with Crippen LogP contribution in [-0.2, 0) is 4.79 Å². The van der Waals surface area contributed by atoms with Crippen molar-refractivity contribution in [3.8, 4) is 6.07 Å². The highest BCUT2D eigenvalue weighted by atomic mass is 16.6. The number of anilines is 1. The number of nitro groups is 1. The SMILES string of the molecule is N#Cc1cc(N2CCCC2C(=O)O)nc2ccc([N+](=O)[O-])cc12. The molecular weight excluding hydrogens is 300 g/mol. The Labute approximate surface area is 130 Å². The van der Waals surface area contributed by atoms with Crippen LogP contribution in [0, 0.1) is 21.4 Å². The molecule has 3 rings (SSSR count). The molecule has 23 heavy (non-hydrogen) atoms. The average molecular weight is 312 g/mol. The van der Waals surface area contributed by atoms with E-state index in [-0.39, 0.29) is 11.3 Å². The maximum Gasteiger partial charge on any atom is 0.326 e. The largest absolute Gasteiger partial charge is 0.480 e. The number of fused-ring (bicyclic) bond motifs is 1. The molecule has 2 aromatic rings. The van der Waals surface area contributed by atoms with Crippen molar-refractivity contribution in [1.82, 2.24) is 4.98 Å². The van der Waals surface area contributed by atoms with Crippen molar-refractivity contribution >= 4 is 28.4 Å². The molecule has 8 nitrogen and oxygen atoms in total. The minimum Gasteiger partial charge on any atom is -0.480 e. The van der Waals surface area contributed by atoms with Crippen molar-refractivity contribution in [3.05, 3.63) is 39.9 Å². The third kappa shape index (κ3) is 2.53. The number of aliphatic carboxylic acids is 1. The molecule has 1 aliphatic rings. The molecule has 8 heteroatoms. The van der Waals surface area contributed by atoms with Gasteiger partial charge in [0.05, 0.1) is 22.1 Å². The smallest absolute Gasteiger partial charge is 0.326 e. The maximum atomic E-state index is 11.3. The van der Waals surface area contributed by atoms with Crippen LogP contribution >= 0.6 is 0 Å². The predicted molar refractivity (Wildman–Crippen MR) is 81.1 cm³/mol. The van der Waals surface area contributed by atoms with Crippen molar-refractivity contribution in [1.29, 1.82) is 5.26 Å². The summed E-state index contributed by atoms with van der Waals surface area (Å²) in [5.41, 5.74) is 0.554. The Bertz CT molecular complexity index is 858. The topological polar surface area (TPSA) is 120 Å². The number of non-ortho nitro benzene ring substituents is 1. The summed E-state index contributed by atoms with van der Waals surface area (Å²) < 4.78 is 0. The number of carboxylic acid groups (broad SMARTS) is 1. The Morgan fingerprint density at radius 2 is 2.26 bits per heavy atom. The van der Waals surface area contributed by atoms with Gasteiger partial charge in [-0.25, -0.2) is 9.78 Å². The molecule has 0 aliphatic carbocycles. The van der Waals surface area contributed by atoms with Crippen molar-refractivity contribution in [3.63, 3.8) is 0 Å². The van der Waals surface area contributed by atoms with Crippen LogP contribution in [0.2, 0.25) is 0 Å². The van der Waals surface area contributed by atoms with E-state index in [1.54, 1.807) is 4.90 Å². The van der Waals surface area contributed by atoms with E-state index in [4.69, 9.17) is 0 Å². The summed E-state index contributed by atoms with van der Waals surface area (Å²) in [6.45, 7) is 0.549. The second-order valence-electron chi connectivity index (χ2n) is 5.29. The number of nitro benzene ring substituents is 1. The number of carbonyl (C=O) groups is 1. The number of rotatable bonds is 3. The van der Waals surface area contributed by atoms with Crippen molar-refractivity contribution in [2.24, 2.45) is 0 Å². The van der Waals surface area contributed by atoms with Crippen molar-refractivity contribution < 1.29 is 14.8 Å². The van der Waals surface area contributed by atoms with Gasteiger partial charge in [-0.15, -0.1) is 0 Å². The second kappa shape index (κ2) is 5.53. The minimum absolute atomic E-state index is 0.117. The van der Waals surface area contributed by atoms with Crippen molar-refractivity contribution in [2.45, 2.75) is 18.9 Å². The molecule has 1 fully saturated rings. The lowest BCUT2D eigenvalue weighted by atomic mass is 10.1. The zero-order valence-electron chi connectivity index (χ0n) is 12.0. The standard InChI is InChI=1S/C15H12N4O4/c16-8-9-6-14(18-5-1-2-13(18)15(20)21)17-12-4-3-10(19(22)23)7-11(9)12/h3-4,6-7,13H,1-2,5H2,(H,20,21). The number of pyridine rings is 1. The van der Waals surface area contributed by atoms with Crippen molar-refractivity contribution in [2.75, 3.05) is 11.4 Å². The molecule has 1 aromatic carbocycles. The van der Waals surface area contributed by atoms with Crippen LogP contribution in [0.1, 0.15) is 18.4 Å². The average Bonchev–Trinajstić information content (AvgIpc) is 3.03. The number of nitrogens with zero attached hydrogens (tertiary/aromatic N) is 4. The molecule has 1 N–H and O–H groups in total. The molecule has 116 valence electrons. The maximum absolute atomic E-state index is 11.3. The second-order valence-corrected chi connectivity index (χ2v) is 5.29. The van der Waals surface area contributed by atoms with Gasteiger partial charge in [0.15, 0.2) is 0 Å². The molecular formula is C15H12N4O4. The number of carboxylic acids is 1. The van der Waals surface area contributed by atoms with Gasteiger partial charge in [-0.05, 0) is 25.0 Å². The van der Waals surface area contributed by atoms with Crippen LogP contribution in [0.3, 0.4) is 0 Å². The van der Waals surface area contributed by atoms with Gasteiger partial charge in [-0.2, -0.15) is 5.26 Å². The molecule has 2 heterocycles. The van der Waals surface area contributed by atoms with E-state index in [0.29, 0.717) is 29.7 Å². The molecule has 1 unspecified atom stereocenters. The van der Waals surface area contributed by atoms with Gasteiger partial charge in [0.1, 0.15) is 11.9 Å². The first-order valence-corrected chi connectivity index (χ1v) is 7.00. The minimum atomic E-state index is -0.924. The van der Waals surface area contributed by atoms with Crippen LogP contribution in [-0.4, -0.2) is 33.6 Å². The van der Waals surface area contributed by atoms with Crippen LogP contribution in [0.25, 0.3) is 10.9 Å². The fourth-order valence-electron chi connectivity index (χ4n) is 2.85. The first kappa shape index (κ1) is 14.7. The van der Waals surface area contributed by atoms with E-state index in [1.807, 2.05) is 6.07 Å². The van der Waals surface area contributed by atoms with E-state index < -0.39 is 16.9 Å². The van der Waals surface area contributed by atoms with Crippen LogP contribution < -0.4 is 4.90 Å². The highest BCUT2D eigenvalue weighted by Gasteiger charge is 2.31. The van der Waals surface area contributed by atoms with Crippen LogP contribution in [0.4, 0.5) is 11.5 Å². The first-order valence-electron chi connectivity index (χ1n) is 7.00. The predicted octanol–water partition coefficient (Wildman–Crippen LogP) is 2.07. The van der Waals surface area contributed by atoms with Gasteiger partial charge in [-0.1, -0.05) is 0 Å². The van der Waals surface area contributed by atoms with E-state index in [2.05, 4.69) is 4.98 Å². The molecule has 0 radical (unpaired) electrons. The Hall–Kier alpha value is -3.21. The van der Waals surface area contributed by atoms with Crippen LogP contribution in [0.5, 0.6) is 0 Å². The van der Waals surface area contributed by atoms with Crippen LogP contribution in [0.15, 0.2) is 24.3 Å². The number of benzene rings is 1. The first-order chi connectivity index (χ1) is 11.0. The fraction of sp³-hybridized carbons (Fsp3) is 0.267. The molecule has 0 saturated carbocycles. The third-order valence-electron chi connectivity index (χ3n) is 3.94. The molecule has 0 bridgehead atoms. The molecule has 0 amide bonds. The summed E-state index contributed by atoms with van der Waals surface area (Å²) in [5, 5.41) is 29.9. The molecule has 0 spiro atoms. The monoisotopic (exact) mass is 312 g/mol. The van der Waals surface area contributed by atoms with Gasteiger partial charge in [0.25, 0.3) is 5.69 Å². The van der Waals surface area contributed by atoms with E-state index in [9.17, 15) is 25.3 Å². The highest BCUT2D eigenvalue weighted by Crippen LogP contribution is 2.30. The summed E-state index contributed by atoms with van der Waals surface area (Å²) in [6.07, 6.45) is 1.26. The Morgan fingerprint density at radius 1 is 1.48 bits per heavy atom. The van der Waals surface area contributed by atoms with E-state index in [1.165, 1.54) is 24.3 Å². The summed E-state index contributed by atoms with van der Waals surface area (Å²) in [4.78, 5) is 27.7. The molecule has 1 aromatic heterocycles. The van der Waals surface area contributed by atoms with Gasteiger partial charge >= 0.3 is 5.97 Å². The fourth-order valence-corrected chi connectivity index (χ4v) is 2.85. The summed E-state index contributed by atoms with van der Waals surface area (Å²) in [6, 6.07) is 6.94.